The predicted molar refractivity (Wildman–Crippen MR) is 118 cm³/mol. The van der Waals surface area contributed by atoms with Crippen LogP contribution < -0.4 is 10.6 Å². The van der Waals surface area contributed by atoms with E-state index in [1.165, 1.54) is 0 Å². The number of aryl methyl sites for hydroxylation is 1. The number of oxazole rings is 1. The van der Waals surface area contributed by atoms with E-state index in [1.54, 1.807) is 18.0 Å². The third-order valence-corrected chi connectivity index (χ3v) is 5.49. The van der Waals surface area contributed by atoms with Crippen molar-refractivity contribution in [1.82, 2.24) is 24.8 Å². The first-order chi connectivity index (χ1) is 15.0. The second-order valence-electron chi connectivity index (χ2n) is 7.78. The second kappa shape index (κ2) is 7.59. The maximum absolute atomic E-state index is 12.1. The van der Waals surface area contributed by atoms with E-state index in [1.807, 2.05) is 37.3 Å². The van der Waals surface area contributed by atoms with Gasteiger partial charge in [0.05, 0.1) is 17.9 Å². The zero-order valence-electron chi connectivity index (χ0n) is 17.4. The summed E-state index contributed by atoms with van der Waals surface area (Å²) in [5, 5.41) is 0. The molecule has 1 aromatic carbocycles. The summed E-state index contributed by atoms with van der Waals surface area (Å²) < 4.78 is 5.56. The summed E-state index contributed by atoms with van der Waals surface area (Å²) in [5.74, 6) is 1.37. The van der Waals surface area contributed by atoms with Gasteiger partial charge in [0.15, 0.2) is 17.1 Å². The number of amides is 1. The van der Waals surface area contributed by atoms with Crippen molar-refractivity contribution in [3.05, 3.63) is 42.4 Å². The Hall–Kier alpha value is -3.59. The number of pyridine rings is 1. The van der Waals surface area contributed by atoms with Gasteiger partial charge in [-0.05, 0) is 37.3 Å². The van der Waals surface area contributed by atoms with Gasteiger partial charge in [0, 0.05) is 38.7 Å². The molecule has 1 atom stereocenters. The van der Waals surface area contributed by atoms with Crippen LogP contribution in [-0.4, -0.2) is 63.0 Å². The van der Waals surface area contributed by atoms with Crippen molar-refractivity contribution in [1.29, 1.82) is 0 Å². The van der Waals surface area contributed by atoms with Crippen LogP contribution in [0.25, 0.3) is 33.5 Å². The Bertz CT molecular complexity index is 1280. The van der Waals surface area contributed by atoms with Gasteiger partial charge >= 0.3 is 0 Å². The number of carbonyl (C=O) groups is 1. The van der Waals surface area contributed by atoms with Gasteiger partial charge in [-0.1, -0.05) is 0 Å². The number of rotatable bonds is 3. The van der Waals surface area contributed by atoms with Gasteiger partial charge in [0.2, 0.25) is 5.91 Å². The topological polar surface area (TPSA) is 114 Å². The van der Waals surface area contributed by atoms with E-state index in [0.717, 1.165) is 33.7 Å². The average Bonchev–Trinajstić information content (AvgIpc) is 3.17. The number of benzene rings is 1. The molecule has 4 aromatic rings. The molecule has 4 heterocycles. The molecule has 3 aromatic heterocycles. The fourth-order valence-electron chi connectivity index (χ4n) is 3.85. The number of hydrogen-bond acceptors (Lipinski definition) is 8. The molecule has 0 bridgehead atoms. The zero-order chi connectivity index (χ0) is 21.5. The number of nitrogens with two attached hydrogens (primary N) is 1. The Labute approximate surface area is 178 Å². The highest BCUT2D eigenvalue weighted by molar-refractivity contribution is 5.82. The van der Waals surface area contributed by atoms with Crippen molar-refractivity contribution in [3.63, 3.8) is 0 Å². The summed E-state index contributed by atoms with van der Waals surface area (Å²) in [6.07, 6.45) is 1.76. The first-order valence-corrected chi connectivity index (χ1v) is 10.3. The third-order valence-electron chi connectivity index (χ3n) is 5.49. The molecule has 5 rings (SSSR count). The molecule has 1 fully saturated rings. The van der Waals surface area contributed by atoms with E-state index in [2.05, 4.69) is 14.9 Å². The number of hydrogen-bond donors (Lipinski definition) is 1. The van der Waals surface area contributed by atoms with Crippen LogP contribution in [0.5, 0.6) is 0 Å². The van der Waals surface area contributed by atoms with E-state index in [0.29, 0.717) is 37.7 Å². The molecular weight excluding hydrogens is 394 g/mol. The minimum atomic E-state index is -0.477. The van der Waals surface area contributed by atoms with E-state index >= 15 is 0 Å². The smallest absolute Gasteiger partial charge is 0.239 e. The molecule has 0 radical (unpaired) electrons. The predicted octanol–water partition coefficient (Wildman–Crippen LogP) is 2.14. The van der Waals surface area contributed by atoms with E-state index in [9.17, 15) is 4.79 Å². The zero-order valence-corrected chi connectivity index (χ0v) is 17.4. The fraction of sp³-hybridized carbons (Fsp3) is 0.318. The van der Waals surface area contributed by atoms with E-state index in [4.69, 9.17) is 20.1 Å². The van der Waals surface area contributed by atoms with Gasteiger partial charge in [-0.25, -0.2) is 19.9 Å². The van der Waals surface area contributed by atoms with Gasteiger partial charge < -0.3 is 20.0 Å². The molecule has 0 spiro atoms. The molecule has 0 unspecified atom stereocenters. The molecule has 9 heteroatoms. The lowest BCUT2D eigenvalue weighted by molar-refractivity contribution is -0.132. The van der Waals surface area contributed by atoms with Crippen molar-refractivity contribution in [2.45, 2.75) is 19.9 Å². The lowest BCUT2D eigenvalue weighted by Gasteiger charge is -2.35. The van der Waals surface area contributed by atoms with Crippen LogP contribution in [0.3, 0.4) is 0 Å². The average molecular weight is 417 g/mol. The number of fused-ring (bicyclic) bond motifs is 2. The molecule has 1 saturated heterocycles. The SMILES string of the molecule is Cc1nc2cc(-c3ccc4ncc(N5CCN(C(=O)[C@@H](C)N)CC5)nc4n3)ccc2o1. The van der Waals surface area contributed by atoms with Gasteiger partial charge in [0.25, 0.3) is 0 Å². The molecule has 1 aliphatic heterocycles. The lowest BCUT2D eigenvalue weighted by atomic mass is 10.1. The van der Waals surface area contributed by atoms with Crippen LogP contribution in [0.1, 0.15) is 12.8 Å². The van der Waals surface area contributed by atoms with Crippen LogP contribution in [0.4, 0.5) is 5.82 Å². The van der Waals surface area contributed by atoms with Crippen molar-refractivity contribution in [3.8, 4) is 11.3 Å². The van der Waals surface area contributed by atoms with Gasteiger partial charge in [-0.3, -0.25) is 4.79 Å². The monoisotopic (exact) mass is 417 g/mol. The van der Waals surface area contributed by atoms with Crippen molar-refractivity contribution in [2.24, 2.45) is 5.73 Å². The molecular formula is C22H23N7O2. The highest BCUT2D eigenvalue weighted by atomic mass is 16.3. The Morgan fingerprint density at radius 1 is 1.06 bits per heavy atom. The molecule has 158 valence electrons. The summed E-state index contributed by atoms with van der Waals surface area (Å²) in [7, 11) is 0. The van der Waals surface area contributed by atoms with Gasteiger partial charge in [-0.15, -0.1) is 0 Å². The Morgan fingerprint density at radius 2 is 1.87 bits per heavy atom. The van der Waals surface area contributed by atoms with Crippen LogP contribution >= 0.6 is 0 Å². The van der Waals surface area contributed by atoms with E-state index < -0.39 is 6.04 Å². The number of anilines is 1. The molecule has 1 aliphatic rings. The summed E-state index contributed by atoms with van der Waals surface area (Å²) in [5.41, 5.74) is 10.3. The summed E-state index contributed by atoms with van der Waals surface area (Å²) in [6.45, 7) is 6.14. The Morgan fingerprint density at radius 3 is 2.65 bits per heavy atom. The number of piperazine rings is 1. The number of nitrogens with zero attached hydrogens (tertiary/aromatic N) is 6. The highest BCUT2D eigenvalue weighted by Crippen LogP contribution is 2.25. The summed E-state index contributed by atoms with van der Waals surface area (Å²) in [4.78, 5) is 34.4. The van der Waals surface area contributed by atoms with Crippen LogP contribution in [-0.2, 0) is 4.79 Å². The standard InChI is InChI=1S/C22H23N7O2/c1-13(23)22(30)29-9-7-28(8-10-29)20-12-24-17-5-4-16(26-21(17)27-20)15-3-6-19-18(11-15)25-14(2)31-19/h3-6,11-13H,7-10,23H2,1-2H3/t13-/m1/s1. The summed E-state index contributed by atoms with van der Waals surface area (Å²) in [6, 6.07) is 9.21. The van der Waals surface area contributed by atoms with Crippen molar-refractivity contribution < 1.29 is 9.21 Å². The molecule has 0 saturated carbocycles. The molecule has 1 amide bonds. The van der Waals surface area contributed by atoms with Gasteiger partial charge in [0.1, 0.15) is 16.9 Å². The van der Waals surface area contributed by atoms with Crippen molar-refractivity contribution in [2.75, 3.05) is 31.1 Å². The van der Waals surface area contributed by atoms with Crippen LogP contribution in [0, 0.1) is 6.92 Å². The third kappa shape index (κ3) is 3.68. The lowest BCUT2D eigenvalue weighted by Crippen LogP contribution is -2.52. The largest absolute Gasteiger partial charge is 0.441 e. The number of carbonyl (C=O) groups excluding carboxylic acids is 1. The normalized spacial score (nSPS) is 15.6. The second-order valence-corrected chi connectivity index (χ2v) is 7.78. The maximum Gasteiger partial charge on any atom is 0.239 e. The fourth-order valence-corrected chi connectivity index (χ4v) is 3.85. The molecule has 2 N–H and O–H groups in total. The molecule has 0 aliphatic carbocycles. The first kappa shape index (κ1) is 19.4. The Balaban J connectivity index is 1.41. The maximum atomic E-state index is 12.1. The van der Waals surface area contributed by atoms with Crippen LogP contribution in [0.15, 0.2) is 40.9 Å². The highest BCUT2D eigenvalue weighted by Gasteiger charge is 2.24. The Kier molecular flexibility index (Phi) is 4.74. The van der Waals surface area contributed by atoms with E-state index in [-0.39, 0.29) is 5.91 Å². The number of aromatic nitrogens is 4. The summed E-state index contributed by atoms with van der Waals surface area (Å²) >= 11 is 0. The first-order valence-electron chi connectivity index (χ1n) is 10.3. The minimum absolute atomic E-state index is 0.0187. The minimum Gasteiger partial charge on any atom is -0.441 e. The van der Waals surface area contributed by atoms with Crippen LogP contribution in [0.2, 0.25) is 0 Å². The molecule has 31 heavy (non-hydrogen) atoms. The quantitative estimate of drug-likeness (QED) is 0.539. The van der Waals surface area contributed by atoms with Crippen molar-refractivity contribution >= 4 is 34.0 Å². The van der Waals surface area contributed by atoms with Gasteiger partial charge in [-0.2, -0.15) is 0 Å². The molecule has 9 nitrogen and oxygen atoms in total.